The zero-order valence-electron chi connectivity index (χ0n) is 10.4. The standard InChI is InChI=1S/C15H10FN3S/c16-12-3-1-11(2-4-12)14-13(9-18-15(20)19-14)10-5-7-17-8-6-10/h1-9H,(H,18,19,20). The third kappa shape index (κ3) is 2.48. The molecule has 0 aliphatic carbocycles. The van der Waals surface area contributed by atoms with Gasteiger partial charge in [-0.25, -0.2) is 9.37 Å². The van der Waals surface area contributed by atoms with E-state index < -0.39 is 0 Å². The molecule has 3 aromatic rings. The molecule has 0 bridgehead atoms. The average Bonchev–Trinajstić information content (AvgIpc) is 2.49. The predicted octanol–water partition coefficient (Wildman–Crippen LogP) is 4.01. The highest BCUT2D eigenvalue weighted by atomic mass is 32.1. The van der Waals surface area contributed by atoms with Crippen LogP contribution in [0.2, 0.25) is 0 Å². The van der Waals surface area contributed by atoms with Gasteiger partial charge in [0, 0.05) is 24.2 Å². The quantitative estimate of drug-likeness (QED) is 0.723. The Kier molecular flexibility index (Phi) is 3.35. The molecule has 3 nitrogen and oxygen atoms in total. The largest absolute Gasteiger partial charge is 0.330 e. The van der Waals surface area contributed by atoms with Crippen molar-refractivity contribution in [2.24, 2.45) is 0 Å². The smallest absolute Gasteiger partial charge is 0.197 e. The van der Waals surface area contributed by atoms with Crippen LogP contribution in [-0.4, -0.2) is 15.0 Å². The summed E-state index contributed by atoms with van der Waals surface area (Å²) in [5, 5.41) is 0. The Morgan fingerprint density at radius 2 is 1.65 bits per heavy atom. The molecule has 1 aromatic carbocycles. The first-order chi connectivity index (χ1) is 9.74. The fraction of sp³-hybridized carbons (Fsp3) is 0. The van der Waals surface area contributed by atoms with Gasteiger partial charge in [0.1, 0.15) is 5.82 Å². The first kappa shape index (κ1) is 12.6. The Hall–Kier alpha value is -2.40. The highest BCUT2D eigenvalue weighted by Crippen LogP contribution is 2.29. The number of hydrogen-bond donors (Lipinski definition) is 1. The molecule has 0 atom stereocenters. The van der Waals surface area contributed by atoms with E-state index in [2.05, 4.69) is 15.0 Å². The minimum atomic E-state index is -0.271. The molecular formula is C15H10FN3S. The number of rotatable bonds is 2. The van der Waals surface area contributed by atoms with Crippen LogP contribution in [0, 0.1) is 10.6 Å². The lowest BCUT2D eigenvalue weighted by Crippen LogP contribution is -1.93. The van der Waals surface area contributed by atoms with Crippen LogP contribution in [0.3, 0.4) is 0 Å². The van der Waals surface area contributed by atoms with Gasteiger partial charge in [-0.15, -0.1) is 0 Å². The summed E-state index contributed by atoms with van der Waals surface area (Å²) in [4.78, 5) is 11.2. The number of H-pyrrole nitrogens is 1. The van der Waals surface area contributed by atoms with E-state index in [-0.39, 0.29) is 5.82 Å². The normalized spacial score (nSPS) is 10.4. The number of hydrogen-bond acceptors (Lipinski definition) is 3. The van der Waals surface area contributed by atoms with Crippen LogP contribution >= 0.6 is 12.2 Å². The first-order valence-corrected chi connectivity index (χ1v) is 6.40. The average molecular weight is 283 g/mol. The van der Waals surface area contributed by atoms with Crippen molar-refractivity contribution in [2.75, 3.05) is 0 Å². The molecule has 20 heavy (non-hydrogen) atoms. The third-order valence-corrected chi connectivity index (χ3v) is 3.14. The van der Waals surface area contributed by atoms with Crippen LogP contribution < -0.4 is 0 Å². The molecule has 0 amide bonds. The third-order valence-electron chi connectivity index (χ3n) is 2.94. The fourth-order valence-corrected chi connectivity index (χ4v) is 2.14. The summed E-state index contributed by atoms with van der Waals surface area (Å²) in [5.74, 6) is -0.271. The van der Waals surface area contributed by atoms with Gasteiger partial charge in [0.2, 0.25) is 0 Å². The molecule has 0 saturated carbocycles. The topological polar surface area (TPSA) is 41.6 Å². The lowest BCUT2D eigenvalue weighted by molar-refractivity contribution is 0.628. The van der Waals surface area contributed by atoms with E-state index in [1.54, 1.807) is 30.7 Å². The molecule has 0 radical (unpaired) electrons. The zero-order chi connectivity index (χ0) is 13.9. The Bertz CT molecular complexity index is 782. The van der Waals surface area contributed by atoms with Gasteiger partial charge in [-0.2, -0.15) is 0 Å². The van der Waals surface area contributed by atoms with Crippen molar-refractivity contribution in [1.82, 2.24) is 15.0 Å². The minimum absolute atomic E-state index is 0.271. The molecule has 2 heterocycles. The minimum Gasteiger partial charge on any atom is -0.330 e. The monoisotopic (exact) mass is 283 g/mol. The summed E-state index contributed by atoms with van der Waals surface area (Å²) in [7, 11) is 0. The van der Waals surface area contributed by atoms with Crippen molar-refractivity contribution in [3.8, 4) is 22.4 Å². The zero-order valence-corrected chi connectivity index (χ0v) is 11.2. The predicted molar refractivity (Wildman–Crippen MR) is 78.0 cm³/mol. The van der Waals surface area contributed by atoms with Crippen molar-refractivity contribution in [3.63, 3.8) is 0 Å². The van der Waals surface area contributed by atoms with Crippen LogP contribution in [-0.2, 0) is 0 Å². The number of halogens is 1. The fourth-order valence-electron chi connectivity index (χ4n) is 1.99. The number of pyridine rings is 1. The Morgan fingerprint density at radius 3 is 2.35 bits per heavy atom. The summed E-state index contributed by atoms with van der Waals surface area (Å²) in [6.45, 7) is 0. The van der Waals surface area contributed by atoms with Crippen LogP contribution in [0.15, 0.2) is 55.0 Å². The van der Waals surface area contributed by atoms with Crippen LogP contribution in [0.25, 0.3) is 22.4 Å². The highest BCUT2D eigenvalue weighted by molar-refractivity contribution is 7.71. The van der Waals surface area contributed by atoms with E-state index in [4.69, 9.17) is 12.2 Å². The van der Waals surface area contributed by atoms with E-state index in [9.17, 15) is 4.39 Å². The Morgan fingerprint density at radius 1 is 0.950 bits per heavy atom. The molecular weight excluding hydrogens is 273 g/mol. The van der Waals surface area contributed by atoms with Crippen LogP contribution in [0.1, 0.15) is 0 Å². The van der Waals surface area contributed by atoms with Crippen LogP contribution in [0.5, 0.6) is 0 Å². The second kappa shape index (κ2) is 5.30. The van der Waals surface area contributed by atoms with Crippen molar-refractivity contribution >= 4 is 12.2 Å². The first-order valence-electron chi connectivity index (χ1n) is 6.00. The lowest BCUT2D eigenvalue weighted by atomic mass is 10.0. The Balaban J connectivity index is 2.22. The maximum Gasteiger partial charge on any atom is 0.197 e. The van der Waals surface area contributed by atoms with Gasteiger partial charge in [-0.3, -0.25) is 4.98 Å². The lowest BCUT2D eigenvalue weighted by Gasteiger charge is -2.09. The van der Waals surface area contributed by atoms with Crippen molar-refractivity contribution < 1.29 is 4.39 Å². The van der Waals surface area contributed by atoms with E-state index >= 15 is 0 Å². The number of benzene rings is 1. The van der Waals surface area contributed by atoms with E-state index in [0.717, 1.165) is 22.4 Å². The molecule has 0 aliphatic rings. The van der Waals surface area contributed by atoms with Gasteiger partial charge in [0.25, 0.3) is 0 Å². The van der Waals surface area contributed by atoms with E-state index in [1.165, 1.54) is 12.1 Å². The van der Waals surface area contributed by atoms with E-state index in [1.807, 2.05) is 12.1 Å². The number of aromatic nitrogens is 3. The van der Waals surface area contributed by atoms with Gasteiger partial charge >= 0.3 is 0 Å². The van der Waals surface area contributed by atoms with Gasteiger partial charge in [-0.1, -0.05) is 0 Å². The van der Waals surface area contributed by atoms with Crippen molar-refractivity contribution in [2.45, 2.75) is 0 Å². The molecule has 0 fully saturated rings. The summed E-state index contributed by atoms with van der Waals surface area (Å²) in [6, 6.07) is 10.0. The highest BCUT2D eigenvalue weighted by Gasteiger charge is 2.08. The molecule has 0 spiro atoms. The summed E-state index contributed by atoms with van der Waals surface area (Å²) >= 11 is 5.08. The van der Waals surface area contributed by atoms with Crippen LogP contribution in [0.4, 0.5) is 4.39 Å². The van der Waals surface area contributed by atoms with E-state index in [0.29, 0.717) is 4.77 Å². The molecule has 3 rings (SSSR count). The second-order valence-electron chi connectivity index (χ2n) is 4.22. The van der Waals surface area contributed by atoms with Gasteiger partial charge < -0.3 is 4.98 Å². The molecule has 1 N–H and O–H groups in total. The second-order valence-corrected chi connectivity index (χ2v) is 4.61. The summed E-state index contributed by atoms with van der Waals surface area (Å²) in [5.41, 5.74) is 3.54. The van der Waals surface area contributed by atoms with Gasteiger partial charge in [0.15, 0.2) is 4.77 Å². The number of aromatic amines is 1. The maximum atomic E-state index is 13.1. The molecule has 5 heteroatoms. The number of nitrogens with one attached hydrogen (secondary N) is 1. The summed E-state index contributed by atoms with van der Waals surface area (Å²) in [6.07, 6.45) is 5.14. The maximum absolute atomic E-state index is 13.1. The van der Waals surface area contributed by atoms with Crippen molar-refractivity contribution in [3.05, 3.63) is 65.6 Å². The van der Waals surface area contributed by atoms with Gasteiger partial charge in [0.05, 0.1) is 5.69 Å². The SMILES string of the molecule is Fc1ccc(-c2[nH]c(=S)ncc2-c2ccncc2)cc1. The molecule has 2 aromatic heterocycles. The van der Waals surface area contributed by atoms with Crippen molar-refractivity contribution in [1.29, 1.82) is 0 Å². The summed E-state index contributed by atoms with van der Waals surface area (Å²) < 4.78 is 13.4. The molecule has 0 saturated heterocycles. The molecule has 98 valence electrons. The number of nitrogens with zero attached hydrogens (tertiary/aromatic N) is 2. The molecule has 0 unspecified atom stereocenters. The Labute approximate surface area is 120 Å². The molecule has 0 aliphatic heterocycles. The van der Waals surface area contributed by atoms with Gasteiger partial charge in [-0.05, 0) is 59.7 Å².